The van der Waals surface area contributed by atoms with E-state index in [0.29, 0.717) is 17.1 Å². The van der Waals surface area contributed by atoms with Crippen molar-refractivity contribution >= 4 is 15.7 Å². The maximum Gasteiger partial charge on any atom is 0.218 e. The third-order valence-corrected chi connectivity index (χ3v) is 4.48. The third kappa shape index (κ3) is 3.55. The zero-order chi connectivity index (χ0) is 13.9. The molecule has 6 nitrogen and oxygen atoms in total. The van der Waals surface area contributed by atoms with Crippen LogP contribution in [0.3, 0.4) is 0 Å². The lowest BCUT2D eigenvalue weighted by atomic mass is 10.2. The lowest BCUT2D eigenvalue weighted by Crippen LogP contribution is -2.28. The quantitative estimate of drug-likeness (QED) is 0.798. The number of nitrogens with two attached hydrogens (primary N) is 1. The van der Waals surface area contributed by atoms with E-state index in [0.717, 1.165) is 0 Å². The van der Waals surface area contributed by atoms with Crippen molar-refractivity contribution in [2.45, 2.75) is 12.3 Å². The Bertz CT molecular complexity index is 638. The topological polar surface area (TPSA) is 92.1 Å². The molecule has 0 spiro atoms. The van der Waals surface area contributed by atoms with Crippen molar-refractivity contribution in [3.8, 4) is 0 Å². The molecule has 2 aromatic rings. The van der Waals surface area contributed by atoms with E-state index in [9.17, 15) is 8.42 Å². The Morgan fingerprint density at radius 2 is 2.21 bits per heavy atom. The first kappa shape index (κ1) is 13.6. The monoisotopic (exact) mass is 280 g/mol. The molecule has 19 heavy (non-hydrogen) atoms. The summed E-state index contributed by atoms with van der Waals surface area (Å²) >= 11 is 0. The second-order valence-electron chi connectivity index (χ2n) is 4.29. The summed E-state index contributed by atoms with van der Waals surface area (Å²) in [7, 11) is -1.86. The van der Waals surface area contributed by atoms with Gasteiger partial charge in [0.25, 0.3) is 0 Å². The van der Waals surface area contributed by atoms with Crippen LogP contribution in [0.2, 0.25) is 0 Å². The number of nitrogens with zero attached hydrogens (tertiary/aromatic N) is 2. The van der Waals surface area contributed by atoms with Crippen LogP contribution in [0.4, 0.5) is 5.69 Å². The number of nitrogens with one attached hydrogen (secondary N) is 1. The van der Waals surface area contributed by atoms with Gasteiger partial charge < -0.3 is 10.7 Å². The lowest BCUT2D eigenvalue weighted by Gasteiger charge is -2.16. The average Bonchev–Trinajstić information content (AvgIpc) is 2.81. The van der Waals surface area contributed by atoms with Crippen molar-refractivity contribution < 1.29 is 8.42 Å². The van der Waals surface area contributed by atoms with Crippen molar-refractivity contribution in [3.63, 3.8) is 0 Å². The van der Waals surface area contributed by atoms with Crippen molar-refractivity contribution in [3.05, 3.63) is 48.0 Å². The molecule has 0 saturated carbocycles. The molecule has 0 aliphatic carbocycles. The summed E-state index contributed by atoms with van der Waals surface area (Å²) in [5.41, 5.74) is 6.87. The molecular weight excluding hydrogens is 264 g/mol. The minimum absolute atomic E-state index is 0.0742. The standard InChI is InChI=1S/C12H16N4O2S/c1-16(8-12-14-5-6-15-12)19(17,18)9-10-3-2-4-11(13)7-10/h2-7H,8-9,13H2,1H3,(H,14,15). The summed E-state index contributed by atoms with van der Waals surface area (Å²) in [5, 5.41) is 0. The molecule has 0 fully saturated rings. The Morgan fingerprint density at radius 3 is 2.84 bits per heavy atom. The number of aromatic nitrogens is 2. The molecule has 0 saturated heterocycles. The van der Waals surface area contributed by atoms with Crippen LogP contribution >= 0.6 is 0 Å². The number of sulfonamides is 1. The minimum Gasteiger partial charge on any atom is -0.399 e. The second-order valence-corrected chi connectivity index (χ2v) is 6.37. The van der Waals surface area contributed by atoms with Crippen LogP contribution in [0, 0.1) is 0 Å². The highest BCUT2D eigenvalue weighted by Crippen LogP contribution is 2.13. The second kappa shape index (κ2) is 5.41. The van der Waals surface area contributed by atoms with E-state index in [2.05, 4.69) is 9.97 Å². The Morgan fingerprint density at radius 1 is 1.42 bits per heavy atom. The van der Waals surface area contributed by atoms with Gasteiger partial charge in [0.15, 0.2) is 0 Å². The van der Waals surface area contributed by atoms with E-state index in [4.69, 9.17) is 5.73 Å². The molecule has 0 amide bonds. The number of anilines is 1. The van der Waals surface area contributed by atoms with Gasteiger partial charge in [-0.2, -0.15) is 4.31 Å². The molecule has 0 aliphatic heterocycles. The number of hydrogen-bond donors (Lipinski definition) is 2. The van der Waals surface area contributed by atoms with Crippen molar-refractivity contribution in [1.29, 1.82) is 0 Å². The molecule has 3 N–H and O–H groups in total. The molecule has 0 unspecified atom stereocenters. The zero-order valence-corrected chi connectivity index (χ0v) is 11.4. The number of aromatic amines is 1. The summed E-state index contributed by atoms with van der Waals surface area (Å²) in [6.45, 7) is 0.220. The molecule has 0 radical (unpaired) electrons. The van der Waals surface area contributed by atoms with Gasteiger partial charge in [-0.25, -0.2) is 13.4 Å². The van der Waals surface area contributed by atoms with Gasteiger partial charge in [-0.1, -0.05) is 12.1 Å². The van der Waals surface area contributed by atoms with Crippen LogP contribution in [0.15, 0.2) is 36.7 Å². The van der Waals surface area contributed by atoms with Gasteiger partial charge in [0.2, 0.25) is 10.0 Å². The van der Waals surface area contributed by atoms with Gasteiger partial charge in [0.05, 0.1) is 12.3 Å². The van der Waals surface area contributed by atoms with Crippen LogP contribution in [0.25, 0.3) is 0 Å². The molecule has 1 aromatic carbocycles. The molecule has 0 aliphatic rings. The molecule has 1 heterocycles. The Kier molecular flexibility index (Phi) is 3.87. The largest absolute Gasteiger partial charge is 0.399 e. The van der Waals surface area contributed by atoms with E-state index in [1.807, 2.05) is 0 Å². The van der Waals surface area contributed by atoms with E-state index < -0.39 is 10.0 Å². The van der Waals surface area contributed by atoms with E-state index >= 15 is 0 Å². The van der Waals surface area contributed by atoms with E-state index in [1.165, 1.54) is 11.4 Å². The zero-order valence-electron chi connectivity index (χ0n) is 10.6. The molecule has 2 rings (SSSR count). The summed E-state index contributed by atoms with van der Waals surface area (Å²) in [6.07, 6.45) is 3.25. The van der Waals surface area contributed by atoms with Crippen LogP contribution in [-0.2, 0) is 22.3 Å². The smallest absolute Gasteiger partial charge is 0.218 e. The third-order valence-electron chi connectivity index (χ3n) is 2.70. The van der Waals surface area contributed by atoms with E-state index in [-0.39, 0.29) is 12.3 Å². The summed E-state index contributed by atoms with van der Waals surface area (Å²) in [4.78, 5) is 6.89. The Hall–Kier alpha value is -1.86. The van der Waals surface area contributed by atoms with Gasteiger partial charge >= 0.3 is 0 Å². The highest BCUT2D eigenvalue weighted by Gasteiger charge is 2.19. The fourth-order valence-corrected chi connectivity index (χ4v) is 2.84. The first-order chi connectivity index (χ1) is 8.97. The maximum absolute atomic E-state index is 12.2. The number of rotatable bonds is 5. The van der Waals surface area contributed by atoms with Crippen LogP contribution < -0.4 is 5.73 Å². The van der Waals surface area contributed by atoms with Crippen molar-refractivity contribution in [2.24, 2.45) is 0 Å². The number of imidazole rings is 1. The van der Waals surface area contributed by atoms with Crippen LogP contribution in [-0.4, -0.2) is 29.7 Å². The number of hydrogen-bond acceptors (Lipinski definition) is 4. The van der Waals surface area contributed by atoms with Gasteiger partial charge in [-0.05, 0) is 17.7 Å². The molecule has 0 bridgehead atoms. The highest BCUT2D eigenvalue weighted by molar-refractivity contribution is 7.88. The van der Waals surface area contributed by atoms with Gasteiger partial charge in [0.1, 0.15) is 5.82 Å². The summed E-state index contributed by atoms with van der Waals surface area (Å²) in [6, 6.07) is 6.88. The summed E-state index contributed by atoms with van der Waals surface area (Å²) < 4.78 is 25.6. The first-order valence-electron chi connectivity index (χ1n) is 5.74. The fourth-order valence-electron chi connectivity index (χ4n) is 1.70. The van der Waals surface area contributed by atoms with Gasteiger partial charge in [-0.3, -0.25) is 0 Å². The van der Waals surface area contributed by atoms with Crippen LogP contribution in [0.5, 0.6) is 0 Å². The highest BCUT2D eigenvalue weighted by atomic mass is 32.2. The molecule has 1 aromatic heterocycles. The van der Waals surface area contributed by atoms with Crippen LogP contribution in [0.1, 0.15) is 11.4 Å². The molecule has 102 valence electrons. The van der Waals surface area contributed by atoms with Gasteiger partial charge in [0, 0.05) is 25.1 Å². The van der Waals surface area contributed by atoms with Crippen molar-refractivity contribution in [2.75, 3.05) is 12.8 Å². The number of benzene rings is 1. The normalized spacial score (nSPS) is 11.9. The SMILES string of the molecule is CN(Cc1ncc[nH]1)S(=O)(=O)Cc1cccc(N)c1. The fraction of sp³-hybridized carbons (Fsp3) is 0.250. The van der Waals surface area contributed by atoms with E-state index in [1.54, 1.807) is 36.7 Å². The predicted octanol–water partition coefficient (Wildman–Crippen LogP) is 0.954. The Labute approximate surface area is 112 Å². The first-order valence-corrected chi connectivity index (χ1v) is 7.35. The predicted molar refractivity (Wildman–Crippen MR) is 73.5 cm³/mol. The number of nitrogen functional groups attached to an aromatic ring is 1. The average molecular weight is 280 g/mol. The molecule has 0 atom stereocenters. The number of H-pyrrole nitrogens is 1. The minimum atomic E-state index is -3.39. The summed E-state index contributed by atoms with van der Waals surface area (Å²) in [5.74, 6) is 0.536. The van der Waals surface area contributed by atoms with Gasteiger partial charge in [-0.15, -0.1) is 0 Å². The van der Waals surface area contributed by atoms with Crippen molar-refractivity contribution in [1.82, 2.24) is 14.3 Å². The maximum atomic E-state index is 12.2. The molecule has 7 heteroatoms. The molecular formula is C12H16N4O2S. The Balaban J connectivity index is 2.09. The lowest BCUT2D eigenvalue weighted by molar-refractivity contribution is 0.457.